The van der Waals surface area contributed by atoms with E-state index in [1.807, 2.05) is 35.1 Å². The van der Waals surface area contributed by atoms with Crippen molar-refractivity contribution < 1.29 is 18.3 Å². The van der Waals surface area contributed by atoms with Crippen LogP contribution in [0.3, 0.4) is 0 Å². The summed E-state index contributed by atoms with van der Waals surface area (Å²) in [6.07, 6.45) is 7.75. The van der Waals surface area contributed by atoms with Crippen molar-refractivity contribution in [2.24, 2.45) is 0 Å². The molecule has 0 saturated heterocycles. The Morgan fingerprint density at radius 1 is 1.18 bits per heavy atom. The molecule has 2 aromatic heterocycles. The number of aryl methyl sites for hydroxylation is 2. The summed E-state index contributed by atoms with van der Waals surface area (Å²) in [5, 5.41) is 10.4. The molecular formula is C23H21ClFN5O3. The van der Waals surface area contributed by atoms with Crippen molar-refractivity contribution in [1.29, 1.82) is 0 Å². The van der Waals surface area contributed by atoms with Gasteiger partial charge in [0.05, 0.1) is 11.9 Å². The van der Waals surface area contributed by atoms with Gasteiger partial charge in [0, 0.05) is 17.8 Å². The molecule has 0 spiro atoms. The van der Waals surface area contributed by atoms with Crippen LogP contribution in [0.4, 0.5) is 10.1 Å². The summed E-state index contributed by atoms with van der Waals surface area (Å²) in [5.74, 6) is -0.344. The van der Waals surface area contributed by atoms with Crippen LogP contribution in [0, 0.1) is 5.82 Å². The minimum atomic E-state index is -0.637. The molecule has 10 heteroatoms. The van der Waals surface area contributed by atoms with Gasteiger partial charge in [-0.15, -0.1) is 5.10 Å². The maximum Gasteiger partial charge on any atom is 0.277 e. The number of nitrogens with one attached hydrogen (secondary N) is 1. The molecular weight excluding hydrogens is 449 g/mol. The zero-order valence-corrected chi connectivity index (χ0v) is 18.3. The van der Waals surface area contributed by atoms with Crippen molar-refractivity contribution in [2.45, 2.75) is 32.4 Å². The van der Waals surface area contributed by atoms with Gasteiger partial charge in [-0.25, -0.2) is 9.37 Å². The Bertz CT molecular complexity index is 1200. The predicted molar refractivity (Wildman–Crippen MR) is 120 cm³/mol. The third-order valence-electron chi connectivity index (χ3n) is 4.82. The van der Waals surface area contributed by atoms with Gasteiger partial charge in [0.2, 0.25) is 5.89 Å². The van der Waals surface area contributed by atoms with Crippen LogP contribution >= 0.6 is 11.6 Å². The summed E-state index contributed by atoms with van der Waals surface area (Å²) in [4.78, 5) is 16.4. The average molecular weight is 470 g/mol. The molecule has 2 aromatic carbocycles. The second-order valence-electron chi connectivity index (χ2n) is 7.26. The van der Waals surface area contributed by atoms with Gasteiger partial charge >= 0.3 is 0 Å². The standard InChI is InChI=1S/C23H21ClFN5O3/c24-17-6-9-20(19(25)13-17)28-23(31)21-14-33-22(27-21)15-32-18-7-4-16(5-8-18)3-1-2-11-30-12-10-26-29-30/h4-10,12-14H,1-3,11,15H2,(H,28,31). The molecule has 0 aliphatic rings. The number of carbonyl (C=O) groups is 1. The first-order valence-electron chi connectivity index (χ1n) is 10.3. The quantitative estimate of drug-likeness (QED) is 0.331. The van der Waals surface area contributed by atoms with Crippen molar-refractivity contribution in [1.82, 2.24) is 20.0 Å². The fourth-order valence-corrected chi connectivity index (χ4v) is 3.27. The van der Waals surface area contributed by atoms with Crippen molar-refractivity contribution in [3.63, 3.8) is 0 Å². The van der Waals surface area contributed by atoms with Crippen LogP contribution in [0.15, 0.2) is 65.5 Å². The van der Waals surface area contributed by atoms with Crippen LogP contribution in [-0.2, 0) is 19.6 Å². The number of nitrogens with zero attached hydrogens (tertiary/aromatic N) is 4. The van der Waals surface area contributed by atoms with Crippen LogP contribution in [0.5, 0.6) is 5.75 Å². The van der Waals surface area contributed by atoms with E-state index < -0.39 is 11.7 Å². The SMILES string of the molecule is O=C(Nc1ccc(Cl)cc1F)c1coc(COc2ccc(CCCCn3ccnn3)cc2)n1. The van der Waals surface area contributed by atoms with Crippen LogP contribution < -0.4 is 10.1 Å². The maximum absolute atomic E-state index is 13.8. The summed E-state index contributed by atoms with van der Waals surface area (Å²) in [6.45, 7) is 0.909. The lowest BCUT2D eigenvalue weighted by Crippen LogP contribution is -2.13. The van der Waals surface area contributed by atoms with Gasteiger partial charge in [0.15, 0.2) is 12.3 Å². The molecule has 0 saturated carbocycles. The smallest absolute Gasteiger partial charge is 0.277 e. The van der Waals surface area contributed by atoms with Crippen molar-refractivity contribution in [3.05, 3.63) is 89.1 Å². The molecule has 0 atom stereocenters. The molecule has 0 radical (unpaired) electrons. The largest absolute Gasteiger partial charge is 0.484 e. The molecule has 4 aromatic rings. The molecule has 4 rings (SSSR count). The molecule has 0 fully saturated rings. The number of anilines is 1. The summed E-state index contributed by atoms with van der Waals surface area (Å²) in [6, 6.07) is 11.8. The highest BCUT2D eigenvalue weighted by molar-refractivity contribution is 6.30. The minimum Gasteiger partial charge on any atom is -0.484 e. The third kappa shape index (κ3) is 6.39. The van der Waals surface area contributed by atoms with E-state index in [2.05, 4.69) is 20.6 Å². The summed E-state index contributed by atoms with van der Waals surface area (Å²) in [5.41, 5.74) is 1.23. The molecule has 0 unspecified atom stereocenters. The monoisotopic (exact) mass is 469 g/mol. The maximum atomic E-state index is 13.8. The first-order valence-corrected chi connectivity index (χ1v) is 10.7. The molecule has 0 aliphatic carbocycles. The van der Waals surface area contributed by atoms with Crippen molar-refractivity contribution >= 4 is 23.2 Å². The highest BCUT2D eigenvalue weighted by atomic mass is 35.5. The van der Waals surface area contributed by atoms with E-state index >= 15 is 0 Å². The van der Waals surface area contributed by atoms with Gasteiger partial charge in [0.25, 0.3) is 5.91 Å². The molecule has 33 heavy (non-hydrogen) atoms. The minimum absolute atomic E-state index is 0.00341. The Kier molecular flexibility index (Phi) is 7.31. The first-order chi connectivity index (χ1) is 16.1. The molecule has 8 nitrogen and oxygen atoms in total. The van der Waals surface area contributed by atoms with Gasteiger partial charge in [0.1, 0.15) is 17.8 Å². The van der Waals surface area contributed by atoms with E-state index in [1.165, 1.54) is 24.0 Å². The number of halogens is 2. The highest BCUT2D eigenvalue weighted by Crippen LogP contribution is 2.20. The first kappa shape index (κ1) is 22.5. The van der Waals surface area contributed by atoms with Gasteiger partial charge in [-0.3, -0.25) is 9.48 Å². The number of ether oxygens (including phenoxy) is 1. The zero-order valence-electron chi connectivity index (χ0n) is 17.6. The van der Waals surface area contributed by atoms with Crippen LogP contribution in [-0.4, -0.2) is 25.9 Å². The summed E-state index contributed by atoms with van der Waals surface area (Å²) >= 11 is 5.71. The van der Waals surface area contributed by atoms with Gasteiger partial charge in [-0.05, 0) is 55.2 Å². The number of unbranched alkanes of at least 4 members (excludes halogenated alkanes) is 1. The molecule has 1 N–H and O–H groups in total. The lowest BCUT2D eigenvalue weighted by atomic mass is 10.1. The summed E-state index contributed by atoms with van der Waals surface area (Å²) < 4.78 is 26.6. The molecule has 170 valence electrons. The highest BCUT2D eigenvalue weighted by Gasteiger charge is 2.15. The summed E-state index contributed by atoms with van der Waals surface area (Å²) in [7, 11) is 0. The lowest BCUT2D eigenvalue weighted by molar-refractivity contribution is 0.102. The fourth-order valence-electron chi connectivity index (χ4n) is 3.11. The number of hydrogen-bond acceptors (Lipinski definition) is 6. The Balaban J connectivity index is 1.22. The number of benzene rings is 2. The predicted octanol–water partition coefficient (Wildman–Crippen LogP) is 4.91. The number of amides is 1. The lowest BCUT2D eigenvalue weighted by Gasteiger charge is -2.06. The fraction of sp³-hybridized carbons (Fsp3) is 0.217. The molecule has 2 heterocycles. The van der Waals surface area contributed by atoms with E-state index in [-0.39, 0.29) is 28.9 Å². The average Bonchev–Trinajstić information content (AvgIpc) is 3.50. The van der Waals surface area contributed by atoms with E-state index in [0.29, 0.717) is 5.75 Å². The van der Waals surface area contributed by atoms with Gasteiger partial charge in [-0.1, -0.05) is 28.9 Å². The second-order valence-corrected chi connectivity index (χ2v) is 7.70. The topological polar surface area (TPSA) is 95.1 Å². The Morgan fingerprint density at radius 3 is 2.79 bits per heavy atom. The Morgan fingerprint density at radius 2 is 2.03 bits per heavy atom. The molecule has 0 bridgehead atoms. The van der Waals surface area contributed by atoms with Crippen molar-refractivity contribution in [3.8, 4) is 5.75 Å². The third-order valence-corrected chi connectivity index (χ3v) is 5.06. The van der Waals surface area contributed by atoms with Crippen LogP contribution in [0.1, 0.15) is 34.8 Å². The van der Waals surface area contributed by atoms with Crippen molar-refractivity contribution in [2.75, 3.05) is 5.32 Å². The van der Waals surface area contributed by atoms with Gasteiger partial charge < -0.3 is 14.5 Å². The number of hydrogen-bond donors (Lipinski definition) is 1. The van der Waals surface area contributed by atoms with Crippen LogP contribution in [0.2, 0.25) is 5.02 Å². The molecule has 1 amide bonds. The van der Waals surface area contributed by atoms with E-state index in [1.54, 1.807) is 6.20 Å². The van der Waals surface area contributed by atoms with Gasteiger partial charge in [-0.2, -0.15) is 0 Å². The van der Waals surface area contributed by atoms with Crippen LogP contribution in [0.25, 0.3) is 0 Å². The van der Waals surface area contributed by atoms with E-state index in [9.17, 15) is 9.18 Å². The second kappa shape index (κ2) is 10.7. The van der Waals surface area contributed by atoms with E-state index in [4.69, 9.17) is 20.8 Å². The molecule has 0 aliphatic heterocycles. The Hall–Kier alpha value is -3.72. The number of rotatable bonds is 10. The number of oxazole rings is 1. The zero-order chi connectivity index (χ0) is 23.0. The number of aromatic nitrogens is 4. The van der Waals surface area contributed by atoms with E-state index in [0.717, 1.165) is 31.9 Å². The number of carbonyl (C=O) groups excluding carboxylic acids is 1. The normalized spacial score (nSPS) is 10.8. The Labute approximate surface area is 194 Å².